The Labute approximate surface area is 125 Å². The Morgan fingerprint density at radius 1 is 1.05 bits per heavy atom. The summed E-state index contributed by atoms with van der Waals surface area (Å²) in [5.74, 6) is 0. The number of benzene rings is 1. The minimum Gasteiger partial charge on any atom is -0.374 e. The Hall–Kier alpha value is -1.02. The molecule has 0 atom stereocenters. The predicted molar refractivity (Wildman–Crippen MR) is 90.5 cm³/mol. The molecule has 1 aromatic rings. The highest BCUT2D eigenvalue weighted by Crippen LogP contribution is 2.24. The topological polar surface area (TPSA) is 15.3 Å². The fourth-order valence-electron chi connectivity index (χ4n) is 2.42. The van der Waals surface area contributed by atoms with Gasteiger partial charge in [0.2, 0.25) is 0 Å². The highest BCUT2D eigenvalue weighted by atomic mass is 15.1. The molecular weight excluding hydrogens is 244 g/mol. The van der Waals surface area contributed by atoms with E-state index in [4.69, 9.17) is 0 Å². The molecule has 0 aliphatic carbocycles. The molecule has 2 heteroatoms. The molecule has 0 saturated heterocycles. The van der Waals surface area contributed by atoms with Crippen molar-refractivity contribution in [1.29, 1.82) is 0 Å². The third-order valence-electron chi connectivity index (χ3n) is 3.21. The second-order valence-electron chi connectivity index (χ2n) is 8.14. The Morgan fingerprint density at radius 3 is 2.10 bits per heavy atom. The summed E-state index contributed by atoms with van der Waals surface area (Å²) in [5.41, 5.74) is 4.51. The van der Waals surface area contributed by atoms with Crippen molar-refractivity contribution < 1.29 is 0 Å². The molecule has 0 aromatic heterocycles. The Bertz CT molecular complexity index is 436. The molecule has 0 saturated carbocycles. The van der Waals surface area contributed by atoms with E-state index in [0.717, 1.165) is 13.1 Å². The van der Waals surface area contributed by atoms with Gasteiger partial charge in [-0.25, -0.2) is 0 Å². The maximum atomic E-state index is 3.54. The SMILES string of the molecule is Cc1cc(CNC(C)(C)C)ccc1N(C)CC(C)(C)C. The van der Waals surface area contributed by atoms with Gasteiger partial charge in [-0.05, 0) is 50.3 Å². The smallest absolute Gasteiger partial charge is 0.0393 e. The molecule has 0 radical (unpaired) electrons. The van der Waals surface area contributed by atoms with Gasteiger partial charge >= 0.3 is 0 Å². The van der Waals surface area contributed by atoms with Gasteiger partial charge in [-0.3, -0.25) is 0 Å². The molecule has 0 aliphatic heterocycles. The van der Waals surface area contributed by atoms with Gasteiger partial charge in [-0.2, -0.15) is 0 Å². The molecule has 0 amide bonds. The molecule has 114 valence electrons. The number of hydrogen-bond donors (Lipinski definition) is 1. The van der Waals surface area contributed by atoms with Crippen molar-refractivity contribution in [2.24, 2.45) is 5.41 Å². The van der Waals surface area contributed by atoms with Gasteiger partial charge in [0, 0.05) is 31.4 Å². The van der Waals surface area contributed by atoms with Crippen molar-refractivity contribution in [1.82, 2.24) is 5.32 Å². The largest absolute Gasteiger partial charge is 0.374 e. The third kappa shape index (κ3) is 5.96. The van der Waals surface area contributed by atoms with Crippen LogP contribution < -0.4 is 10.2 Å². The van der Waals surface area contributed by atoms with Gasteiger partial charge in [-0.1, -0.05) is 32.9 Å². The van der Waals surface area contributed by atoms with Crippen LogP contribution in [-0.2, 0) is 6.54 Å². The summed E-state index contributed by atoms with van der Waals surface area (Å²) in [7, 11) is 2.18. The third-order valence-corrected chi connectivity index (χ3v) is 3.21. The van der Waals surface area contributed by atoms with Crippen LogP contribution in [0.25, 0.3) is 0 Å². The van der Waals surface area contributed by atoms with Crippen LogP contribution in [0, 0.1) is 12.3 Å². The van der Waals surface area contributed by atoms with Crippen molar-refractivity contribution in [3.63, 3.8) is 0 Å². The minimum atomic E-state index is 0.162. The maximum Gasteiger partial charge on any atom is 0.0393 e. The van der Waals surface area contributed by atoms with Crippen LogP contribution in [0.4, 0.5) is 5.69 Å². The second-order valence-corrected chi connectivity index (χ2v) is 8.14. The number of anilines is 1. The van der Waals surface area contributed by atoms with Crippen LogP contribution in [0.5, 0.6) is 0 Å². The average Bonchev–Trinajstić information content (AvgIpc) is 2.22. The predicted octanol–water partition coefficient (Wildman–Crippen LogP) is 4.37. The van der Waals surface area contributed by atoms with Crippen LogP contribution >= 0.6 is 0 Å². The van der Waals surface area contributed by atoms with Gasteiger partial charge < -0.3 is 10.2 Å². The van der Waals surface area contributed by atoms with Crippen LogP contribution in [-0.4, -0.2) is 19.1 Å². The lowest BCUT2D eigenvalue weighted by atomic mass is 9.95. The second kappa shape index (κ2) is 6.17. The number of aryl methyl sites for hydroxylation is 1. The van der Waals surface area contributed by atoms with Crippen molar-refractivity contribution >= 4 is 5.69 Å². The van der Waals surface area contributed by atoms with E-state index in [1.807, 2.05) is 0 Å². The van der Waals surface area contributed by atoms with Crippen LogP contribution in [0.2, 0.25) is 0 Å². The molecular formula is C18H32N2. The number of rotatable bonds is 4. The summed E-state index contributed by atoms with van der Waals surface area (Å²) in [6.07, 6.45) is 0. The molecule has 1 aromatic carbocycles. The molecule has 0 heterocycles. The fraction of sp³-hybridized carbons (Fsp3) is 0.667. The molecule has 0 bridgehead atoms. The van der Waals surface area contributed by atoms with Gasteiger partial charge in [0.15, 0.2) is 0 Å². The molecule has 0 spiro atoms. The van der Waals surface area contributed by atoms with E-state index in [9.17, 15) is 0 Å². The molecule has 2 nitrogen and oxygen atoms in total. The van der Waals surface area contributed by atoms with Crippen LogP contribution in [0.1, 0.15) is 52.7 Å². The first-order valence-electron chi connectivity index (χ1n) is 7.54. The lowest BCUT2D eigenvalue weighted by Gasteiger charge is -2.29. The summed E-state index contributed by atoms with van der Waals surface area (Å²) in [6.45, 7) is 17.6. The van der Waals surface area contributed by atoms with E-state index in [2.05, 4.69) is 83.9 Å². The van der Waals surface area contributed by atoms with Crippen LogP contribution in [0.15, 0.2) is 18.2 Å². The first-order chi connectivity index (χ1) is 8.98. The van der Waals surface area contributed by atoms with Crippen molar-refractivity contribution in [3.05, 3.63) is 29.3 Å². The molecule has 20 heavy (non-hydrogen) atoms. The zero-order chi connectivity index (χ0) is 15.6. The monoisotopic (exact) mass is 276 g/mol. The normalized spacial score (nSPS) is 12.6. The van der Waals surface area contributed by atoms with Crippen molar-refractivity contribution in [2.75, 3.05) is 18.5 Å². The number of hydrogen-bond acceptors (Lipinski definition) is 2. The molecule has 1 N–H and O–H groups in total. The Kier molecular flexibility index (Phi) is 5.26. The molecule has 1 rings (SSSR count). The minimum absolute atomic E-state index is 0.162. The van der Waals surface area contributed by atoms with Crippen molar-refractivity contribution in [2.45, 2.75) is 60.5 Å². The Balaban J connectivity index is 2.78. The number of nitrogens with one attached hydrogen (secondary N) is 1. The maximum absolute atomic E-state index is 3.54. The summed E-state index contributed by atoms with van der Waals surface area (Å²) in [6, 6.07) is 6.79. The summed E-state index contributed by atoms with van der Waals surface area (Å²) >= 11 is 0. The Morgan fingerprint density at radius 2 is 1.65 bits per heavy atom. The lowest BCUT2D eigenvalue weighted by molar-refractivity contribution is 0.418. The van der Waals surface area contributed by atoms with E-state index >= 15 is 0 Å². The van der Waals surface area contributed by atoms with E-state index < -0.39 is 0 Å². The average molecular weight is 276 g/mol. The van der Waals surface area contributed by atoms with Gasteiger partial charge in [-0.15, -0.1) is 0 Å². The molecule has 0 aliphatic rings. The highest BCUT2D eigenvalue weighted by Gasteiger charge is 2.15. The van der Waals surface area contributed by atoms with Crippen molar-refractivity contribution in [3.8, 4) is 0 Å². The molecule has 0 unspecified atom stereocenters. The summed E-state index contributed by atoms with van der Waals surface area (Å²) < 4.78 is 0. The first-order valence-corrected chi connectivity index (χ1v) is 7.54. The van der Waals surface area contributed by atoms with Crippen LogP contribution in [0.3, 0.4) is 0 Å². The fourth-order valence-corrected chi connectivity index (χ4v) is 2.42. The molecule has 0 fully saturated rings. The number of nitrogens with zero attached hydrogens (tertiary/aromatic N) is 1. The zero-order valence-corrected chi connectivity index (χ0v) is 14.6. The summed E-state index contributed by atoms with van der Waals surface area (Å²) in [4.78, 5) is 2.36. The van der Waals surface area contributed by atoms with Gasteiger partial charge in [0.05, 0.1) is 0 Å². The van der Waals surface area contributed by atoms with Gasteiger partial charge in [0.25, 0.3) is 0 Å². The summed E-state index contributed by atoms with van der Waals surface area (Å²) in [5, 5.41) is 3.54. The van der Waals surface area contributed by atoms with Gasteiger partial charge in [0.1, 0.15) is 0 Å². The highest BCUT2D eigenvalue weighted by molar-refractivity contribution is 5.54. The standard InChI is InChI=1S/C18H32N2/c1-14-11-15(12-19-18(5,6)7)9-10-16(14)20(8)13-17(2,3)4/h9-11,19H,12-13H2,1-8H3. The first kappa shape index (κ1) is 17.0. The van der Waals surface area contributed by atoms with E-state index in [-0.39, 0.29) is 5.54 Å². The van der Waals surface area contributed by atoms with E-state index in [1.165, 1.54) is 16.8 Å². The van der Waals surface area contributed by atoms with E-state index in [0.29, 0.717) is 5.41 Å². The zero-order valence-electron chi connectivity index (χ0n) is 14.6. The van der Waals surface area contributed by atoms with E-state index in [1.54, 1.807) is 0 Å². The quantitative estimate of drug-likeness (QED) is 0.878. The lowest BCUT2D eigenvalue weighted by Crippen LogP contribution is -2.35.